The highest BCUT2D eigenvalue weighted by Crippen LogP contribution is 2.27. The number of methoxy groups -OCH3 is 1. The van der Waals surface area contributed by atoms with Crippen LogP contribution < -0.4 is 5.06 Å². The van der Waals surface area contributed by atoms with Gasteiger partial charge in [-0.1, -0.05) is 6.07 Å². The van der Waals surface area contributed by atoms with Crippen LogP contribution in [0.25, 0.3) is 10.9 Å². The first kappa shape index (κ1) is 14.5. The van der Waals surface area contributed by atoms with Crippen molar-refractivity contribution in [2.75, 3.05) is 19.2 Å². The second-order valence-corrected chi connectivity index (χ2v) is 4.60. The third-order valence-electron chi connectivity index (χ3n) is 2.83. The molecule has 108 valence electrons. The monoisotopic (exact) mass is 298 g/mol. The third kappa shape index (κ3) is 2.98. The highest BCUT2D eigenvalue weighted by molar-refractivity contribution is 7.74. The van der Waals surface area contributed by atoms with Gasteiger partial charge in [0.1, 0.15) is 6.54 Å². The summed E-state index contributed by atoms with van der Waals surface area (Å²) in [6.07, 6.45) is 1.74. The number of hydrogen-bond donors (Lipinski definition) is 1. The van der Waals surface area contributed by atoms with Crippen molar-refractivity contribution < 1.29 is 22.6 Å². The van der Waals surface area contributed by atoms with Gasteiger partial charge in [-0.2, -0.15) is 4.21 Å². The fourth-order valence-electron chi connectivity index (χ4n) is 1.96. The van der Waals surface area contributed by atoms with Crippen molar-refractivity contribution in [2.45, 2.75) is 6.54 Å². The van der Waals surface area contributed by atoms with E-state index in [1.807, 2.05) is 6.07 Å². The Morgan fingerprint density at radius 2 is 2.20 bits per heavy atom. The first-order valence-corrected chi connectivity index (χ1v) is 6.74. The van der Waals surface area contributed by atoms with Gasteiger partial charge in [-0.25, -0.2) is 5.06 Å². The van der Waals surface area contributed by atoms with E-state index in [0.29, 0.717) is 5.69 Å². The van der Waals surface area contributed by atoms with E-state index < -0.39 is 11.4 Å². The van der Waals surface area contributed by atoms with Crippen molar-refractivity contribution in [2.24, 2.45) is 0 Å². The van der Waals surface area contributed by atoms with Gasteiger partial charge < -0.3 is 9.30 Å². The summed E-state index contributed by atoms with van der Waals surface area (Å²) in [6, 6.07) is 7.16. The van der Waals surface area contributed by atoms with Gasteiger partial charge in [-0.15, -0.1) is 4.28 Å². The maximum Gasteiger partial charge on any atom is 0.325 e. The lowest BCUT2D eigenvalue weighted by Crippen LogP contribution is -2.19. The molecule has 0 aliphatic heterocycles. The first-order chi connectivity index (χ1) is 9.52. The second kappa shape index (κ2) is 6.04. The van der Waals surface area contributed by atoms with Gasteiger partial charge >= 0.3 is 17.3 Å². The summed E-state index contributed by atoms with van der Waals surface area (Å²) < 4.78 is 30.5. The van der Waals surface area contributed by atoms with Crippen molar-refractivity contribution in [3.63, 3.8) is 0 Å². The molecule has 2 aromatic rings. The zero-order chi connectivity index (χ0) is 14.7. The summed E-state index contributed by atoms with van der Waals surface area (Å²) in [4.78, 5) is 11.3. The fourth-order valence-corrected chi connectivity index (χ4v) is 2.23. The largest absolute Gasteiger partial charge is 0.468 e. The van der Waals surface area contributed by atoms with Gasteiger partial charge in [-0.05, 0) is 18.2 Å². The summed E-state index contributed by atoms with van der Waals surface area (Å²) >= 11 is -2.40. The normalized spacial score (nSPS) is 12.3. The molecule has 0 saturated carbocycles. The van der Waals surface area contributed by atoms with E-state index in [0.717, 1.165) is 10.9 Å². The van der Waals surface area contributed by atoms with E-state index in [1.165, 1.54) is 19.2 Å². The second-order valence-electron chi connectivity index (χ2n) is 4.02. The molecule has 8 heteroatoms. The molecule has 1 aromatic heterocycles. The van der Waals surface area contributed by atoms with Crippen molar-refractivity contribution in [1.82, 2.24) is 4.57 Å². The molecule has 0 aliphatic rings. The molecular weight excluding hydrogens is 284 g/mol. The molecule has 0 saturated heterocycles. The van der Waals surface area contributed by atoms with Crippen LogP contribution in [0.3, 0.4) is 0 Å². The number of ether oxygens (including phenoxy) is 1. The number of aromatic nitrogens is 1. The molecular formula is C12H14N2O5S. The molecule has 0 radical (unpaired) electrons. The molecule has 0 bridgehead atoms. The van der Waals surface area contributed by atoms with Crippen molar-refractivity contribution in [1.29, 1.82) is 0 Å². The summed E-state index contributed by atoms with van der Waals surface area (Å²) in [5.41, 5.74) is 1.42. The van der Waals surface area contributed by atoms with Crippen LogP contribution >= 0.6 is 0 Å². The van der Waals surface area contributed by atoms with Crippen LogP contribution in [-0.2, 0) is 31.7 Å². The van der Waals surface area contributed by atoms with Crippen LogP contribution in [-0.4, -0.2) is 33.5 Å². The molecule has 7 nitrogen and oxygen atoms in total. The Hall–Kier alpha value is -1.90. The lowest BCUT2D eigenvalue weighted by Gasteiger charge is -2.16. The van der Waals surface area contributed by atoms with Crippen molar-refractivity contribution in [3.05, 3.63) is 30.5 Å². The lowest BCUT2D eigenvalue weighted by atomic mass is 10.2. The molecule has 1 aromatic carbocycles. The van der Waals surface area contributed by atoms with Crippen LogP contribution in [0.2, 0.25) is 0 Å². The smallest absolute Gasteiger partial charge is 0.325 e. The maximum atomic E-state index is 11.3. The van der Waals surface area contributed by atoms with Crippen LogP contribution in [0.1, 0.15) is 0 Å². The minimum absolute atomic E-state index is 0.0972. The van der Waals surface area contributed by atoms with Crippen LogP contribution in [0, 0.1) is 0 Å². The molecule has 0 aliphatic carbocycles. The van der Waals surface area contributed by atoms with Crippen LogP contribution in [0.4, 0.5) is 5.69 Å². The average Bonchev–Trinajstić information content (AvgIpc) is 2.81. The van der Waals surface area contributed by atoms with Crippen LogP contribution in [0.15, 0.2) is 30.5 Å². The number of hydroxylamine groups is 1. The van der Waals surface area contributed by atoms with Crippen molar-refractivity contribution >= 4 is 33.9 Å². The van der Waals surface area contributed by atoms with Crippen LogP contribution in [0.5, 0.6) is 0 Å². The third-order valence-corrected chi connectivity index (χ3v) is 3.18. The minimum atomic E-state index is -2.40. The maximum absolute atomic E-state index is 11.3. The predicted octanol–water partition coefficient (Wildman–Crippen LogP) is 1.32. The van der Waals surface area contributed by atoms with Gasteiger partial charge in [0.05, 0.1) is 18.3 Å². The number of rotatable bonds is 5. The van der Waals surface area contributed by atoms with Gasteiger partial charge in [0.15, 0.2) is 0 Å². The van der Waals surface area contributed by atoms with E-state index >= 15 is 0 Å². The number of benzene rings is 1. The van der Waals surface area contributed by atoms with E-state index in [2.05, 4.69) is 4.74 Å². The number of nitrogens with zero attached hydrogens (tertiary/aromatic N) is 2. The molecule has 0 fully saturated rings. The highest BCUT2D eigenvalue weighted by atomic mass is 32.2. The molecule has 0 amide bonds. The van der Waals surface area contributed by atoms with Gasteiger partial charge in [0.25, 0.3) is 0 Å². The topological polar surface area (TPSA) is 81.0 Å². The summed E-state index contributed by atoms with van der Waals surface area (Å²) in [6.45, 7) is 0.0972. The Bertz CT molecular complexity index is 654. The molecule has 1 N–H and O–H groups in total. The molecule has 20 heavy (non-hydrogen) atoms. The first-order valence-electron chi connectivity index (χ1n) is 5.70. The number of fused-ring (bicyclic) bond motifs is 1. The lowest BCUT2D eigenvalue weighted by molar-refractivity contribution is -0.141. The van der Waals surface area contributed by atoms with E-state index in [9.17, 15) is 9.00 Å². The van der Waals surface area contributed by atoms with Gasteiger partial charge in [0.2, 0.25) is 0 Å². The standard InChI is InChI=1S/C12H14N2O5S/c1-13(19-20(16)17)10-4-3-5-11-9(10)6-7-14(11)8-12(15)18-2/h3-7H,8H2,1-2H3,(H,16,17). The molecule has 1 atom stereocenters. The Balaban J connectivity index is 2.39. The number of anilines is 1. The number of carbonyl (C=O) groups excluding carboxylic acids is 1. The zero-order valence-electron chi connectivity index (χ0n) is 11.0. The molecule has 1 heterocycles. The summed E-state index contributed by atoms with van der Waals surface area (Å²) in [7, 11) is 2.86. The molecule has 1 unspecified atom stereocenters. The SMILES string of the molecule is COC(=O)Cn1ccc2c(N(C)OS(=O)O)cccc21. The fraction of sp³-hybridized carbons (Fsp3) is 0.250. The Labute approximate surface area is 118 Å². The Morgan fingerprint density at radius 3 is 2.85 bits per heavy atom. The van der Waals surface area contributed by atoms with E-state index in [1.54, 1.807) is 29.0 Å². The summed E-state index contributed by atoms with van der Waals surface area (Å²) in [5, 5.41) is 2.00. The minimum Gasteiger partial charge on any atom is -0.468 e. The quantitative estimate of drug-likeness (QED) is 0.509. The van der Waals surface area contributed by atoms with Gasteiger partial charge in [0, 0.05) is 18.6 Å². The number of hydrogen-bond acceptors (Lipinski definition) is 5. The average molecular weight is 298 g/mol. The number of carbonyl (C=O) groups is 1. The predicted molar refractivity (Wildman–Crippen MR) is 74.2 cm³/mol. The van der Waals surface area contributed by atoms with E-state index in [4.69, 9.17) is 8.84 Å². The number of esters is 1. The summed E-state index contributed by atoms with van der Waals surface area (Å²) in [5.74, 6) is -0.353. The zero-order valence-corrected chi connectivity index (χ0v) is 11.8. The Morgan fingerprint density at radius 1 is 1.45 bits per heavy atom. The van der Waals surface area contributed by atoms with E-state index in [-0.39, 0.29) is 12.5 Å². The molecule has 2 rings (SSSR count). The van der Waals surface area contributed by atoms with Gasteiger partial charge in [-0.3, -0.25) is 9.35 Å². The highest BCUT2D eigenvalue weighted by Gasteiger charge is 2.13. The van der Waals surface area contributed by atoms with Crippen molar-refractivity contribution in [3.8, 4) is 0 Å². The molecule has 0 spiro atoms. The Kier molecular flexibility index (Phi) is 4.38.